The van der Waals surface area contributed by atoms with E-state index in [0.717, 1.165) is 11.1 Å². The maximum Gasteiger partial charge on any atom is 0.343 e. The highest BCUT2D eigenvalue weighted by atomic mass is 35.5. The Bertz CT molecular complexity index is 1070. The number of hydrogen-bond acceptors (Lipinski definition) is 7. The Morgan fingerprint density at radius 1 is 1.23 bits per heavy atom. The number of esters is 1. The average molecular weight is 461 g/mol. The number of hydrogen-bond donors (Lipinski definition) is 1. The second-order valence-corrected chi connectivity index (χ2v) is 7.81. The fourth-order valence-electron chi connectivity index (χ4n) is 2.66. The second-order valence-electron chi connectivity index (χ2n) is 6.37. The molecular weight excluding hydrogens is 440 g/mol. The number of carbonyl (C=O) groups excluding carboxylic acids is 2. The van der Waals surface area contributed by atoms with Gasteiger partial charge >= 0.3 is 5.97 Å². The van der Waals surface area contributed by atoms with Gasteiger partial charge in [-0.05, 0) is 67.1 Å². The van der Waals surface area contributed by atoms with Gasteiger partial charge in [-0.1, -0.05) is 23.7 Å². The molecule has 7 nitrogen and oxygen atoms in total. The van der Waals surface area contributed by atoms with Gasteiger partial charge in [0.25, 0.3) is 5.91 Å². The zero-order chi connectivity index (χ0) is 22.4. The number of thioether (sulfide) groups is 1. The predicted octanol–water partition coefficient (Wildman–Crippen LogP) is 4.49. The number of halogens is 1. The molecule has 3 rings (SSSR count). The molecule has 0 spiro atoms. The topological polar surface area (TPSA) is 86.2 Å². The molecule has 31 heavy (non-hydrogen) atoms. The normalized spacial score (nSPS) is 15.8. The van der Waals surface area contributed by atoms with Crippen LogP contribution in [-0.2, 0) is 14.3 Å². The molecule has 2 aromatic carbocycles. The summed E-state index contributed by atoms with van der Waals surface area (Å²) >= 11 is 7.38. The average Bonchev–Trinajstić information content (AvgIpc) is 3.09. The lowest BCUT2D eigenvalue weighted by Gasteiger charge is -2.12. The number of carbonyl (C=O) groups is 2. The number of benzene rings is 2. The lowest BCUT2D eigenvalue weighted by atomic mass is 10.2. The molecule has 0 atom stereocenters. The predicted molar refractivity (Wildman–Crippen MR) is 122 cm³/mol. The third kappa shape index (κ3) is 5.80. The molecule has 9 heteroatoms. The molecule has 1 saturated heterocycles. The van der Waals surface area contributed by atoms with E-state index in [1.807, 2.05) is 26.0 Å². The molecule has 0 unspecified atom stereocenters. The van der Waals surface area contributed by atoms with Crippen molar-refractivity contribution in [2.45, 2.75) is 13.8 Å². The Balaban J connectivity index is 1.81. The molecule has 162 valence electrons. The number of amides is 1. The number of ether oxygens (including phenoxy) is 3. The zero-order valence-corrected chi connectivity index (χ0v) is 18.8. The van der Waals surface area contributed by atoms with Crippen molar-refractivity contribution in [1.82, 2.24) is 5.32 Å². The molecule has 2 aromatic rings. The van der Waals surface area contributed by atoms with Crippen molar-refractivity contribution in [2.75, 3.05) is 20.3 Å². The molecule has 1 aliphatic rings. The Labute approximate surface area is 189 Å². The minimum atomic E-state index is -0.491. The Morgan fingerprint density at radius 2 is 2.03 bits per heavy atom. The van der Waals surface area contributed by atoms with Crippen LogP contribution in [0.1, 0.15) is 18.1 Å². The van der Waals surface area contributed by atoms with Gasteiger partial charge in [-0.25, -0.2) is 9.79 Å². The summed E-state index contributed by atoms with van der Waals surface area (Å²) in [7, 11) is 1.29. The van der Waals surface area contributed by atoms with E-state index < -0.39 is 5.97 Å². The highest BCUT2D eigenvalue weighted by molar-refractivity contribution is 8.18. The van der Waals surface area contributed by atoms with Gasteiger partial charge in [-0.2, -0.15) is 0 Å². The van der Waals surface area contributed by atoms with E-state index >= 15 is 0 Å². The fourth-order valence-corrected chi connectivity index (χ4v) is 3.66. The minimum absolute atomic E-state index is 0.224. The van der Waals surface area contributed by atoms with Gasteiger partial charge in [0.1, 0.15) is 0 Å². The number of methoxy groups -OCH3 is 1. The lowest BCUT2D eigenvalue weighted by Crippen LogP contribution is -2.19. The van der Waals surface area contributed by atoms with E-state index in [2.05, 4.69) is 15.0 Å². The summed E-state index contributed by atoms with van der Waals surface area (Å²) in [5, 5.41) is 3.86. The van der Waals surface area contributed by atoms with Crippen molar-refractivity contribution in [3.8, 4) is 11.5 Å². The van der Waals surface area contributed by atoms with E-state index in [0.29, 0.717) is 38.9 Å². The number of amidine groups is 1. The quantitative estimate of drug-likeness (QED) is 0.484. The van der Waals surface area contributed by atoms with Gasteiger partial charge < -0.3 is 19.5 Å². The van der Waals surface area contributed by atoms with Crippen LogP contribution in [0.25, 0.3) is 6.08 Å². The van der Waals surface area contributed by atoms with Crippen molar-refractivity contribution in [3.05, 3.63) is 57.5 Å². The first-order chi connectivity index (χ1) is 14.9. The number of nitrogens with zero attached hydrogens (tertiary/aromatic N) is 1. The van der Waals surface area contributed by atoms with Crippen LogP contribution < -0.4 is 14.8 Å². The SMILES string of the molecule is CCOc1cc(/C=C2/SC(=Nc3cccc(Cl)c3C)NC2=O)ccc1OCC(=O)OC. The van der Waals surface area contributed by atoms with Crippen LogP contribution in [-0.4, -0.2) is 37.4 Å². The molecule has 0 aromatic heterocycles. The standard InChI is InChI=1S/C22H21ClN2O5S/c1-4-29-18-10-14(8-9-17(18)30-12-20(26)28-3)11-19-21(27)25-22(31-19)24-16-7-5-6-15(23)13(16)2/h5-11H,4,12H2,1-3H3,(H,24,25,27)/b19-11+. The third-order valence-corrected chi connectivity index (χ3v) is 5.57. The van der Waals surface area contributed by atoms with Crippen molar-refractivity contribution >= 4 is 52.2 Å². The van der Waals surface area contributed by atoms with Crippen LogP contribution in [0.15, 0.2) is 46.3 Å². The maximum absolute atomic E-state index is 12.4. The fraction of sp³-hybridized carbons (Fsp3) is 0.227. The van der Waals surface area contributed by atoms with Gasteiger partial charge in [0.15, 0.2) is 23.3 Å². The van der Waals surface area contributed by atoms with E-state index in [4.69, 9.17) is 21.1 Å². The van der Waals surface area contributed by atoms with Gasteiger partial charge in [-0.15, -0.1) is 0 Å². The van der Waals surface area contributed by atoms with E-state index in [-0.39, 0.29) is 12.5 Å². The van der Waals surface area contributed by atoms with Gasteiger partial charge in [0.2, 0.25) is 0 Å². The van der Waals surface area contributed by atoms with Crippen LogP contribution in [0.3, 0.4) is 0 Å². The Kier molecular flexibility index (Phi) is 7.59. The van der Waals surface area contributed by atoms with Crippen LogP contribution in [0.5, 0.6) is 11.5 Å². The van der Waals surface area contributed by atoms with E-state index in [1.165, 1.54) is 18.9 Å². The summed E-state index contributed by atoms with van der Waals surface area (Å²) in [6, 6.07) is 10.6. The molecule has 0 radical (unpaired) electrons. The number of nitrogens with one attached hydrogen (secondary N) is 1. The Hall–Kier alpha value is -2.97. The molecule has 1 N–H and O–H groups in total. The largest absolute Gasteiger partial charge is 0.490 e. The van der Waals surface area contributed by atoms with Gasteiger partial charge in [0.05, 0.1) is 24.3 Å². The first-order valence-electron chi connectivity index (χ1n) is 9.42. The van der Waals surface area contributed by atoms with Crippen LogP contribution >= 0.6 is 23.4 Å². The Morgan fingerprint density at radius 3 is 2.77 bits per heavy atom. The summed E-state index contributed by atoms with van der Waals surface area (Å²) in [6.07, 6.45) is 1.74. The molecule has 1 fully saturated rings. The van der Waals surface area contributed by atoms with E-state index in [9.17, 15) is 9.59 Å². The van der Waals surface area contributed by atoms with Crippen molar-refractivity contribution in [2.24, 2.45) is 4.99 Å². The van der Waals surface area contributed by atoms with Crippen LogP contribution in [0.4, 0.5) is 5.69 Å². The maximum atomic E-state index is 12.4. The summed E-state index contributed by atoms with van der Waals surface area (Å²) < 4.78 is 15.7. The molecule has 1 aliphatic heterocycles. The summed E-state index contributed by atoms with van der Waals surface area (Å²) in [4.78, 5) is 28.7. The first-order valence-corrected chi connectivity index (χ1v) is 10.6. The number of rotatable bonds is 7. The molecule has 1 amide bonds. The van der Waals surface area contributed by atoms with Gasteiger partial charge in [-0.3, -0.25) is 4.79 Å². The van der Waals surface area contributed by atoms with Crippen LogP contribution in [0, 0.1) is 6.92 Å². The third-order valence-electron chi connectivity index (χ3n) is 4.25. The smallest absolute Gasteiger partial charge is 0.343 e. The molecule has 0 saturated carbocycles. The minimum Gasteiger partial charge on any atom is -0.490 e. The van der Waals surface area contributed by atoms with Crippen molar-refractivity contribution in [3.63, 3.8) is 0 Å². The zero-order valence-electron chi connectivity index (χ0n) is 17.2. The van der Waals surface area contributed by atoms with Crippen molar-refractivity contribution in [1.29, 1.82) is 0 Å². The summed E-state index contributed by atoms with van der Waals surface area (Å²) in [5.41, 5.74) is 2.28. The monoisotopic (exact) mass is 460 g/mol. The number of aliphatic imine (C=N–C) groups is 1. The first kappa shape index (κ1) is 22.7. The highest BCUT2D eigenvalue weighted by Crippen LogP contribution is 2.33. The second kappa shape index (κ2) is 10.4. The molecule has 1 heterocycles. The summed E-state index contributed by atoms with van der Waals surface area (Å²) in [5.74, 6) is 0.144. The summed E-state index contributed by atoms with van der Waals surface area (Å²) in [6.45, 7) is 3.91. The molecule has 0 bridgehead atoms. The molecule has 0 aliphatic carbocycles. The van der Waals surface area contributed by atoms with Gasteiger partial charge in [0, 0.05) is 5.02 Å². The van der Waals surface area contributed by atoms with Crippen molar-refractivity contribution < 1.29 is 23.8 Å². The highest BCUT2D eigenvalue weighted by Gasteiger charge is 2.24. The lowest BCUT2D eigenvalue weighted by molar-refractivity contribution is -0.142. The van der Waals surface area contributed by atoms with E-state index in [1.54, 1.807) is 30.3 Å². The van der Waals surface area contributed by atoms with Crippen LogP contribution in [0.2, 0.25) is 5.02 Å². The molecular formula is C22H21ClN2O5S.